The van der Waals surface area contributed by atoms with Crippen LogP contribution in [0.15, 0.2) is 18.7 Å². The number of hydrazine groups is 1. The van der Waals surface area contributed by atoms with Gasteiger partial charge in [-0.15, -0.1) is 0 Å². The van der Waals surface area contributed by atoms with Crippen molar-refractivity contribution in [2.24, 2.45) is 19.9 Å². The van der Waals surface area contributed by atoms with Gasteiger partial charge < -0.3 is 4.57 Å². The second kappa shape index (κ2) is 4.42. The van der Waals surface area contributed by atoms with Crippen LogP contribution in [0, 0.1) is 0 Å². The zero-order valence-electron chi connectivity index (χ0n) is 9.33. The van der Waals surface area contributed by atoms with Crippen LogP contribution in [0.4, 0.5) is 0 Å². The van der Waals surface area contributed by atoms with Gasteiger partial charge in [0, 0.05) is 32.9 Å². The molecule has 0 amide bonds. The van der Waals surface area contributed by atoms with Gasteiger partial charge in [-0.25, -0.2) is 15.4 Å². The number of imidazole rings is 1. The van der Waals surface area contributed by atoms with E-state index in [9.17, 15) is 0 Å². The number of aryl methyl sites for hydroxylation is 2. The molecule has 2 rings (SSSR count). The number of hydrogen-bond acceptors (Lipinski definition) is 5. The van der Waals surface area contributed by atoms with Crippen molar-refractivity contribution in [3.05, 3.63) is 30.4 Å². The molecular formula is C9H15N7. The van der Waals surface area contributed by atoms with Gasteiger partial charge in [-0.05, 0) is 0 Å². The van der Waals surface area contributed by atoms with Crippen LogP contribution in [-0.2, 0) is 20.5 Å². The Morgan fingerprint density at radius 1 is 1.44 bits per heavy atom. The maximum Gasteiger partial charge on any atom is 0.138 e. The van der Waals surface area contributed by atoms with Crippen LogP contribution in [0.25, 0.3) is 0 Å². The smallest absolute Gasteiger partial charge is 0.138 e. The van der Waals surface area contributed by atoms with E-state index in [4.69, 9.17) is 5.84 Å². The predicted molar refractivity (Wildman–Crippen MR) is 58.0 cm³/mol. The zero-order chi connectivity index (χ0) is 11.5. The Bertz CT molecular complexity index is 458. The Kier molecular flexibility index (Phi) is 2.97. The number of aromatic nitrogens is 5. The molecule has 3 N–H and O–H groups in total. The topological polar surface area (TPSA) is 86.6 Å². The number of hydrogen-bond donors (Lipinski definition) is 2. The van der Waals surface area contributed by atoms with E-state index < -0.39 is 0 Å². The third-order valence-electron chi connectivity index (χ3n) is 2.56. The van der Waals surface area contributed by atoms with E-state index >= 15 is 0 Å². The third-order valence-corrected chi connectivity index (χ3v) is 2.56. The van der Waals surface area contributed by atoms with Gasteiger partial charge in [0.15, 0.2) is 0 Å². The summed E-state index contributed by atoms with van der Waals surface area (Å²) < 4.78 is 3.66. The minimum Gasteiger partial charge on any atom is -0.337 e. The van der Waals surface area contributed by atoms with E-state index in [2.05, 4.69) is 20.5 Å². The summed E-state index contributed by atoms with van der Waals surface area (Å²) in [7, 11) is 3.79. The lowest BCUT2D eigenvalue weighted by Crippen LogP contribution is -2.32. The number of rotatable bonds is 4. The molecule has 0 aromatic carbocycles. The highest BCUT2D eigenvalue weighted by molar-refractivity contribution is 5.02. The van der Waals surface area contributed by atoms with Gasteiger partial charge in [0.25, 0.3) is 0 Å². The first-order chi connectivity index (χ1) is 7.72. The first-order valence-electron chi connectivity index (χ1n) is 4.98. The standard InChI is InChI=1S/C9H15N7/c1-15-4-3-11-9(15)7(14-10)5-8-12-6-13-16(8)2/h3-4,6-7,14H,5,10H2,1-2H3. The fourth-order valence-corrected chi connectivity index (χ4v) is 1.63. The van der Waals surface area contributed by atoms with E-state index in [1.807, 2.05) is 24.9 Å². The molecule has 86 valence electrons. The average molecular weight is 221 g/mol. The maximum atomic E-state index is 5.54. The molecule has 0 bridgehead atoms. The van der Waals surface area contributed by atoms with E-state index in [1.165, 1.54) is 6.33 Å². The van der Waals surface area contributed by atoms with Gasteiger partial charge in [0.05, 0.1) is 6.04 Å². The number of nitrogens with zero attached hydrogens (tertiary/aromatic N) is 5. The molecule has 7 heteroatoms. The van der Waals surface area contributed by atoms with E-state index in [1.54, 1.807) is 10.9 Å². The lowest BCUT2D eigenvalue weighted by atomic mass is 10.2. The summed E-state index contributed by atoms with van der Waals surface area (Å²) >= 11 is 0. The van der Waals surface area contributed by atoms with Crippen molar-refractivity contribution >= 4 is 0 Å². The Balaban J connectivity index is 2.19. The van der Waals surface area contributed by atoms with Crippen LogP contribution >= 0.6 is 0 Å². The molecule has 0 aliphatic rings. The Labute approximate surface area is 93.3 Å². The van der Waals surface area contributed by atoms with Gasteiger partial charge in [-0.2, -0.15) is 5.10 Å². The van der Waals surface area contributed by atoms with E-state index in [0.717, 1.165) is 11.6 Å². The van der Waals surface area contributed by atoms with Gasteiger partial charge >= 0.3 is 0 Å². The number of nitrogens with one attached hydrogen (secondary N) is 1. The highest BCUT2D eigenvalue weighted by Gasteiger charge is 2.17. The highest BCUT2D eigenvalue weighted by atomic mass is 15.3. The first-order valence-corrected chi connectivity index (χ1v) is 4.98. The SMILES string of the molecule is Cn1ccnc1C(Cc1ncnn1C)NN. The minimum atomic E-state index is -0.0668. The summed E-state index contributed by atoms with van der Waals surface area (Å²) in [6, 6.07) is -0.0668. The normalized spacial score (nSPS) is 12.9. The average Bonchev–Trinajstić information content (AvgIpc) is 2.85. The molecule has 1 atom stereocenters. The van der Waals surface area contributed by atoms with Crippen molar-refractivity contribution in [2.45, 2.75) is 12.5 Å². The van der Waals surface area contributed by atoms with Gasteiger partial charge in [0.2, 0.25) is 0 Å². The monoisotopic (exact) mass is 221 g/mol. The summed E-state index contributed by atoms with van der Waals surface area (Å²) in [6.07, 6.45) is 5.81. The molecule has 2 heterocycles. The van der Waals surface area contributed by atoms with Crippen LogP contribution < -0.4 is 11.3 Å². The first kappa shape index (κ1) is 10.8. The zero-order valence-corrected chi connectivity index (χ0v) is 9.33. The van der Waals surface area contributed by atoms with Crippen molar-refractivity contribution in [1.82, 2.24) is 29.7 Å². The highest BCUT2D eigenvalue weighted by Crippen LogP contribution is 2.13. The molecular weight excluding hydrogens is 206 g/mol. The Morgan fingerprint density at radius 2 is 2.25 bits per heavy atom. The van der Waals surface area contributed by atoms with Gasteiger partial charge in [-0.1, -0.05) is 0 Å². The van der Waals surface area contributed by atoms with Gasteiger partial charge in [0.1, 0.15) is 18.0 Å². The van der Waals surface area contributed by atoms with Crippen LogP contribution in [-0.4, -0.2) is 24.3 Å². The molecule has 0 radical (unpaired) electrons. The minimum absolute atomic E-state index is 0.0668. The molecule has 16 heavy (non-hydrogen) atoms. The van der Waals surface area contributed by atoms with Crippen molar-refractivity contribution in [1.29, 1.82) is 0 Å². The van der Waals surface area contributed by atoms with Crippen molar-refractivity contribution in [3.63, 3.8) is 0 Å². The van der Waals surface area contributed by atoms with E-state index in [-0.39, 0.29) is 6.04 Å². The van der Waals surface area contributed by atoms with Gasteiger partial charge in [-0.3, -0.25) is 10.5 Å². The molecule has 0 aliphatic heterocycles. The number of nitrogens with two attached hydrogens (primary N) is 1. The quantitative estimate of drug-likeness (QED) is 0.526. The third kappa shape index (κ3) is 1.95. The fourth-order valence-electron chi connectivity index (χ4n) is 1.63. The lowest BCUT2D eigenvalue weighted by Gasteiger charge is -2.14. The summed E-state index contributed by atoms with van der Waals surface area (Å²) in [5.74, 6) is 7.29. The second-order valence-corrected chi connectivity index (χ2v) is 3.62. The Hall–Kier alpha value is -1.73. The van der Waals surface area contributed by atoms with Crippen LogP contribution in [0.5, 0.6) is 0 Å². The molecule has 0 fully saturated rings. The molecule has 7 nitrogen and oxygen atoms in total. The molecule has 0 spiro atoms. The molecule has 1 unspecified atom stereocenters. The van der Waals surface area contributed by atoms with Crippen LogP contribution in [0.1, 0.15) is 17.7 Å². The molecule has 2 aromatic rings. The van der Waals surface area contributed by atoms with Crippen molar-refractivity contribution in [3.8, 4) is 0 Å². The molecule has 0 aliphatic carbocycles. The largest absolute Gasteiger partial charge is 0.337 e. The second-order valence-electron chi connectivity index (χ2n) is 3.62. The van der Waals surface area contributed by atoms with Crippen LogP contribution in [0.2, 0.25) is 0 Å². The summed E-state index contributed by atoms with van der Waals surface area (Å²) in [4.78, 5) is 8.42. The lowest BCUT2D eigenvalue weighted by molar-refractivity contribution is 0.486. The molecule has 0 saturated carbocycles. The van der Waals surface area contributed by atoms with E-state index in [0.29, 0.717) is 6.42 Å². The summed E-state index contributed by atoms with van der Waals surface area (Å²) in [6.45, 7) is 0. The van der Waals surface area contributed by atoms with Crippen molar-refractivity contribution in [2.75, 3.05) is 0 Å². The molecule has 2 aromatic heterocycles. The maximum absolute atomic E-state index is 5.54. The fraction of sp³-hybridized carbons (Fsp3) is 0.444. The predicted octanol–water partition coefficient (Wildman–Crippen LogP) is -0.704. The van der Waals surface area contributed by atoms with Crippen LogP contribution in [0.3, 0.4) is 0 Å². The Morgan fingerprint density at radius 3 is 2.75 bits per heavy atom. The van der Waals surface area contributed by atoms with Crippen molar-refractivity contribution < 1.29 is 0 Å². The molecule has 0 saturated heterocycles. The summed E-state index contributed by atoms with van der Waals surface area (Å²) in [5, 5.41) is 4.02. The summed E-state index contributed by atoms with van der Waals surface area (Å²) in [5.41, 5.74) is 2.75.